The highest BCUT2D eigenvalue weighted by molar-refractivity contribution is 7.85. The molecule has 0 heterocycles. The van der Waals surface area contributed by atoms with Crippen LogP contribution < -0.4 is 0 Å². The van der Waals surface area contributed by atoms with Gasteiger partial charge in [-0.1, -0.05) is 54.6 Å². The van der Waals surface area contributed by atoms with Crippen molar-refractivity contribution in [2.75, 3.05) is 0 Å². The Labute approximate surface area is 150 Å². The van der Waals surface area contributed by atoms with Crippen molar-refractivity contribution >= 4 is 43.0 Å². The molecule has 0 saturated heterocycles. The van der Waals surface area contributed by atoms with Gasteiger partial charge in [0.25, 0.3) is 10.1 Å². The van der Waals surface area contributed by atoms with E-state index in [-0.39, 0.29) is 4.90 Å². The second-order valence-electron chi connectivity index (χ2n) is 5.83. The molecule has 4 aromatic carbocycles. The average Bonchev–Trinajstić information content (AvgIpc) is 2.65. The van der Waals surface area contributed by atoms with E-state index in [9.17, 15) is 13.0 Å². The molecule has 0 radical (unpaired) electrons. The first kappa shape index (κ1) is 16.4. The van der Waals surface area contributed by atoms with Crippen molar-refractivity contribution in [3.8, 4) is 0 Å². The third-order valence-electron chi connectivity index (χ3n) is 4.16. The van der Waals surface area contributed by atoms with Crippen LogP contribution in [0.2, 0.25) is 0 Å². The Morgan fingerprint density at radius 3 is 1.92 bits per heavy atom. The Morgan fingerprint density at radius 2 is 1.23 bits per heavy atom. The van der Waals surface area contributed by atoms with E-state index >= 15 is 0 Å². The van der Waals surface area contributed by atoms with Crippen LogP contribution in [0.3, 0.4) is 0 Å². The van der Waals surface area contributed by atoms with Crippen LogP contribution in [-0.4, -0.2) is 13.0 Å². The van der Waals surface area contributed by atoms with E-state index < -0.39 is 10.1 Å². The van der Waals surface area contributed by atoms with Gasteiger partial charge in [-0.2, -0.15) is 8.42 Å². The van der Waals surface area contributed by atoms with Crippen LogP contribution in [0.1, 0.15) is 0 Å². The number of azo groups is 1. The standard InChI is InChI=1S/C20H14N2O3S/c23-26(24,25)16-11-12-18-15(13-16)7-4-10-20(18)22-21-19-9-3-6-14-5-1-2-8-17(14)19/h1-13H,(H,23,24,25). The van der Waals surface area contributed by atoms with Gasteiger partial charge in [-0.05, 0) is 35.0 Å². The molecule has 4 rings (SSSR count). The Kier molecular flexibility index (Phi) is 3.99. The molecule has 0 saturated carbocycles. The molecule has 0 aromatic heterocycles. The van der Waals surface area contributed by atoms with Gasteiger partial charge in [0, 0.05) is 10.8 Å². The molecule has 6 heteroatoms. The molecular formula is C20H14N2O3S. The Morgan fingerprint density at radius 1 is 0.654 bits per heavy atom. The van der Waals surface area contributed by atoms with E-state index in [1.54, 1.807) is 18.2 Å². The van der Waals surface area contributed by atoms with Crippen LogP contribution in [0, 0.1) is 0 Å². The molecular weight excluding hydrogens is 348 g/mol. The lowest BCUT2D eigenvalue weighted by Crippen LogP contribution is -1.97. The maximum Gasteiger partial charge on any atom is 0.294 e. The predicted octanol–water partition coefficient (Wildman–Crippen LogP) is 5.66. The summed E-state index contributed by atoms with van der Waals surface area (Å²) < 4.78 is 31.8. The second-order valence-corrected chi connectivity index (χ2v) is 7.25. The van der Waals surface area contributed by atoms with Gasteiger partial charge in [0.1, 0.15) is 0 Å². The summed E-state index contributed by atoms with van der Waals surface area (Å²) in [5.41, 5.74) is 1.38. The predicted molar refractivity (Wildman–Crippen MR) is 102 cm³/mol. The van der Waals surface area contributed by atoms with E-state index in [1.165, 1.54) is 12.1 Å². The molecule has 0 aliphatic rings. The molecule has 0 atom stereocenters. The summed E-state index contributed by atoms with van der Waals surface area (Å²) in [6, 6.07) is 23.5. The molecule has 26 heavy (non-hydrogen) atoms. The van der Waals surface area contributed by atoms with Gasteiger partial charge in [-0.3, -0.25) is 4.55 Å². The Balaban J connectivity index is 1.81. The highest BCUT2D eigenvalue weighted by Gasteiger charge is 2.11. The molecule has 0 bridgehead atoms. The third-order valence-corrected chi connectivity index (χ3v) is 5.01. The summed E-state index contributed by atoms with van der Waals surface area (Å²) in [5.74, 6) is 0. The molecule has 0 aliphatic carbocycles. The highest BCUT2D eigenvalue weighted by atomic mass is 32.2. The lowest BCUT2D eigenvalue weighted by molar-refractivity contribution is 0.483. The summed E-state index contributed by atoms with van der Waals surface area (Å²) in [4.78, 5) is -0.145. The van der Waals surface area contributed by atoms with Crippen LogP contribution in [0.5, 0.6) is 0 Å². The normalized spacial score (nSPS) is 12.2. The zero-order valence-electron chi connectivity index (χ0n) is 13.6. The lowest BCUT2D eigenvalue weighted by Gasteiger charge is -2.04. The van der Waals surface area contributed by atoms with Gasteiger partial charge < -0.3 is 0 Å². The molecule has 1 N–H and O–H groups in total. The molecule has 0 fully saturated rings. The SMILES string of the molecule is O=S(=O)(O)c1ccc2c(N=Nc3cccc4ccccc34)cccc2c1. The quantitative estimate of drug-likeness (QED) is 0.377. The van der Waals surface area contributed by atoms with Gasteiger partial charge in [0.2, 0.25) is 0 Å². The van der Waals surface area contributed by atoms with E-state index in [0.29, 0.717) is 11.1 Å². The lowest BCUT2D eigenvalue weighted by atomic mass is 10.1. The average molecular weight is 362 g/mol. The first-order chi connectivity index (χ1) is 12.5. The van der Waals surface area contributed by atoms with E-state index in [0.717, 1.165) is 21.8 Å². The van der Waals surface area contributed by atoms with Crippen molar-refractivity contribution in [3.05, 3.63) is 78.9 Å². The maximum atomic E-state index is 11.3. The van der Waals surface area contributed by atoms with Crippen molar-refractivity contribution in [2.45, 2.75) is 4.90 Å². The van der Waals surface area contributed by atoms with E-state index in [1.807, 2.05) is 48.5 Å². The molecule has 4 aromatic rings. The first-order valence-corrected chi connectivity index (χ1v) is 9.36. The van der Waals surface area contributed by atoms with Crippen molar-refractivity contribution in [3.63, 3.8) is 0 Å². The van der Waals surface area contributed by atoms with Gasteiger partial charge in [-0.25, -0.2) is 0 Å². The molecule has 0 spiro atoms. The largest absolute Gasteiger partial charge is 0.294 e. The van der Waals surface area contributed by atoms with Gasteiger partial charge in [-0.15, -0.1) is 10.2 Å². The topological polar surface area (TPSA) is 79.1 Å². The minimum absolute atomic E-state index is 0.145. The van der Waals surface area contributed by atoms with Crippen LogP contribution in [-0.2, 0) is 10.1 Å². The molecule has 0 aliphatic heterocycles. The summed E-state index contributed by atoms with van der Waals surface area (Å²) >= 11 is 0. The summed E-state index contributed by atoms with van der Waals surface area (Å²) in [6.07, 6.45) is 0. The zero-order chi connectivity index (χ0) is 18.1. The number of nitrogens with zero attached hydrogens (tertiary/aromatic N) is 2. The maximum absolute atomic E-state index is 11.3. The van der Waals surface area contributed by atoms with E-state index in [2.05, 4.69) is 10.2 Å². The number of benzene rings is 4. The fourth-order valence-corrected chi connectivity index (χ4v) is 3.41. The van der Waals surface area contributed by atoms with Crippen molar-refractivity contribution < 1.29 is 13.0 Å². The number of fused-ring (bicyclic) bond motifs is 2. The smallest absolute Gasteiger partial charge is 0.282 e. The molecule has 128 valence electrons. The van der Waals surface area contributed by atoms with Crippen LogP contribution in [0.15, 0.2) is 94.0 Å². The summed E-state index contributed by atoms with van der Waals surface area (Å²) in [7, 11) is -4.24. The van der Waals surface area contributed by atoms with Gasteiger partial charge in [0.05, 0.1) is 16.3 Å². The number of hydrogen-bond donors (Lipinski definition) is 1. The summed E-state index contributed by atoms with van der Waals surface area (Å²) in [6.45, 7) is 0. The van der Waals surface area contributed by atoms with Crippen LogP contribution in [0.4, 0.5) is 11.4 Å². The molecule has 0 unspecified atom stereocenters. The first-order valence-electron chi connectivity index (χ1n) is 7.92. The van der Waals surface area contributed by atoms with Crippen molar-refractivity contribution in [1.82, 2.24) is 0 Å². The minimum atomic E-state index is -4.24. The van der Waals surface area contributed by atoms with Gasteiger partial charge in [0.15, 0.2) is 0 Å². The fraction of sp³-hybridized carbons (Fsp3) is 0. The van der Waals surface area contributed by atoms with Crippen molar-refractivity contribution in [1.29, 1.82) is 0 Å². The third kappa shape index (κ3) is 3.08. The highest BCUT2D eigenvalue weighted by Crippen LogP contribution is 2.31. The minimum Gasteiger partial charge on any atom is -0.282 e. The van der Waals surface area contributed by atoms with Crippen LogP contribution >= 0.6 is 0 Å². The number of hydrogen-bond acceptors (Lipinski definition) is 4. The number of rotatable bonds is 3. The zero-order valence-corrected chi connectivity index (χ0v) is 14.4. The van der Waals surface area contributed by atoms with Crippen LogP contribution in [0.25, 0.3) is 21.5 Å². The summed E-state index contributed by atoms with van der Waals surface area (Å²) in [5, 5.41) is 12.2. The Hall–Kier alpha value is -3.09. The van der Waals surface area contributed by atoms with E-state index in [4.69, 9.17) is 0 Å². The fourth-order valence-electron chi connectivity index (χ4n) is 2.90. The second kappa shape index (κ2) is 6.33. The monoisotopic (exact) mass is 362 g/mol. The molecule has 5 nitrogen and oxygen atoms in total. The van der Waals surface area contributed by atoms with Gasteiger partial charge >= 0.3 is 0 Å². The van der Waals surface area contributed by atoms with Crippen molar-refractivity contribution in [2.24, 2.45) is 10.2 Å². The Bertz CT molecular complexity index is 1260. The molecule has 0 amide bonds.